The summed E-state index contributed by atoms with van der Waals surface area (Å²) < 4.78 is 19.6. The molecule has 0 saturated carbocycles. The quantitative estimate of drug-likeness (QED) is 0.807. The van der Waals surface area contributed by atoms with Gasteiger partial charge in [-0.3, -0.25) is 4.90 Å². The van der Waals surface area contributed by atoms with Crippen LogP contribution in [0, 0.1) is 5.82 Å². The van der Waals surface area contributed by atoms with Crippen molar-refractivity contribution in [3.63, 3.8) is 0 Å². The summed E-state index contributed by atoms with van der Waals surface area (Å²) in [7, 11) is 0. The van der Waals surface area contributed by atoms with Crippen molar-refractivity contribution in [1.29, 1.82) is 0 Å². The second-order valence-electron chi connectivity index (χ2n) is 6.56. The van der Waals surface area contributed by atoms with Crippen molar-refractivity contribution >= 4 is 29.4 Å². The Balaban J connectivity index is 2.64. The highest BCUT2D eigenvalue weighted by molar-refractivity contribution is 6.33. The molecular weight excluding hydrogens is 361 g/mol. The van der Waals surface area contributed by atoms with Crippen LogP contribution in [0.1, 0.15) is 32.4 Å². The van der Waals surface area contributed by atoms with E-state index in [9.17, 15) is 19.1 Å². The average Bonchev–Trinajstić information content (AvgIpc) is 2.52. The number of carbonyl (C=O) groups is 2. The van der Waals surface area contributed by atoms with Gasteiger partial charge in [0.1, 0.15) is 11.4 Å². The number of amides is 1. The Hall–Kier alpha value is -2.60. The molecule has 5 nitrogen and oxygen atoms in total. The second-order valence-corrected chi connectivity index (χ2v) is 6.97. The Morgan fingerprint density at radius 3 is 2.23 bits per heavy atom. The van der Waals surface area contributed by atoms with Gasteiger partial charge in [0.25, 0.3) is 0 Å². The number of anilines is 1. The first kappa shape index (κ1) is 19.7. The van der Waals surface area contributed by atoms with Crippen molar-refractivity contribution in [3.05, 3.63) is 64.9 Å². The number of rotatable bonds is 4. The summed E-state index contributed by atoms with van der Waals surface area (Å²) in [5.41, 5.74) is -0.945. The molecule has 1 atom stereocenters. The minimum Gasteiger partial charge on any atom is -0.479 e. The first-order valence-corrected chi connectivity index (χ1v) is 8.23. The normalized spacial score (nSPS) is 12.3. The molecule has 2 aromatic rings. The van der Waals surface area contributed by atoms with E-state index in [1.54, 1.807) is 32.9 Å². The number of halogens is 2. The van der Waals surface area contributed by atoms with Crippen molar-refractivity contribution in [2.24, 2.45) is 0 Å². The molecule has 0 saturated heterocycles. The van der Waals surface area contributed by atoms with E-state index < -0.39 is 29.5 Å². The molecule has 0 heterocycles. The summed E-state index contributed by atoms with van der Waals surface area (Å²) in [5.74, 6) is -2.17. The molecule has 138 valence electrons. The van der Waals surface area contributed by atoms with E-state index in [1.807, 2.05) is 0 Å². The Bertz CT molecular complexity index is 819. The Morgan fingerprint density at radius 2 is 1.69 bits per heavy atom. The topological polar surface area (TPSA) is 66.8 Å². The molecule has 1 unspecified atom stereocenters. The predicted octanol–water partition coefficient (Wildman–Crippen LogP) is 5.05. The van der Waals surface area contributed by atoms with Gasteiger partial charge in [0, 0.05) is 5.56 Å². The second kappa shape index (κ2) is 7.74. The van der Waals surface area contributed by atoms with Gasteiger partial charge in [-0.05, 0) is 39.0 Å². The van der Waals surface area contributed by atoms with Crippen molar-refractivity contribution in [1.82, 2.24) is 0 Å². The van der Waals surface area contributed by atoms with Crippen molar-refractivity contribution in [3.8, 4) is 0 Å². The van der Waals surface area contributed by atoms with Gasteiger partial charge in [0.05, 0.1) is 10.7 Å². The van der Waals surface area contributed by atoms with Gasteiger partial charge in [-0.1, -0.05) is 41.9 Å². The number of ether oxygens (including phenoxy) is 1. The zero-order valence-corrected chi connectivity index (χ0v) is 15.3. The largest absolute Gasteiger partial charge is 0.479 e. The highest BCUT2D eigenvalue weighted by Crippen LogP contribution is 2.35. The van der Waals surface area contributed by atoms with Crippen LogP contribution in [0.15, 0.2) is 48.5 Å². The third-order valence-electron chi connectivity index (χ3n) is 3.39. The summed E-state index contributed by atoms with van der Waals surface area (Å²) in [6, 6.07) is 9.94. The van der Waals surface area contributed by atoms with Gasteiger partial charge in [-0.2, -0.15) is 0 Å². The van der Waals surface area contributed by atoms with Crippen LogP contribution in [0.4, 0.5) is 14.9 Å². The van der Waals surface area contributed by atoms with Crippen molar-refractivity contribution in [2.45, 2.75) is 32.4 Å². The van der Waals surface area contributed by atoms with Crippen LogP contribution in [0.2, 0.25) is 5.02 Å². The lowest BCUT2D eigenvalue weighted by atomic mass is 10.0. The highest BCUT2D eigenvalue weighted by Gasteiger charge is 2.37. The lowest BCUT2D eigenvalue weighted by Crippen LogP contribution is -2.43. The van der Waals surface area contributed by atoms with Gasteiger partial charge in [-0.15, -0.1) is 0 Å². The van der Waals surface area contributed by atoms with Gasteiger partial charge < -0.3 is 9.84 Å². The molecule has 0 spiro atoms. The number of carboxylic acid groups (broad SMARTS) is 1. The molecule has 1 N–H and O–H groups in total. The molecule has 26 heavy (non-hydrogen) atoms. The first-order valence-electron chi connectivity index (χ1n) is 7.86. The SMILES string of the molecule is CC(C)(C)OC(=O)N(c1ccccc1Cl)C(C(=O)O)c1ccccc1F. The standard InChI is InChI=1S/C19H19ClFNO4/c1-19(2,3)26-18(25)22(15-11-7-5-9-13(15)20)16(17(23)24)12-8-4-6-10-14(12)21/h4-11,16H,1-3H3,(H,23,24). The monoisotopic (exact) mass is 379 g/mol. The average molecular weight is 380 g/mol. The third-order valence-corrected chi connectivity index (χ3v) is 3.71. The third kappa shape index (κ3) is 4.52. The highest BCUT2D eigenvalue weighted by atomic mass is 35.5. The Kier molecular flexibility index (Phi) is 5.87. The lowest BCUT2D eigenvalue weighted by Gasteiger charge is -2.32. The van der Waals surface area contributed by atoms with E-state index >= 15 is 0 Å². The molecule has 0 fully saturated rings. The van der Waals surface area contributed by atoms with E-state index in [2.05, 4.69) is 0 Å². The summed E-state index contributed by atoms with van der Waals surface area (Å²) in [5, 5.41) is 9.90. The first-order chi connectivity index (χ1) is 12.1. The predicted molar refractivity (Wildman–Crippen MR) is 96.9 cm³/mol. The van der Waals surface area contributed by atoms with E-state index in [0.717, 1.165) is 11.0 Å². The van der Waals surface area contributed by atoms with Crippen LogP contribution >= 0.6 is 11.6 Å². The van der Waals surface area contributed by atoms with Crippen LogP contribution in [0.25, 0.3) is 0 Å². The van der Waals surface area contributed by atoms with Crippen LogP contribution in [0.3, 0.4) is 0 Å². The summed E-state index contributed by atoms with van der Waals surface area (Å²) in [6.07, 6.45) is -0.943. The van der Waals surface area contributed by atoms with Gasteiger partial charge in [0.2, 0.25) is 0 Å². The van der Waals surface area contributed by atoms with Gasteiger partial charge in [0.15, 0.2) is 6.04 Å². The van der Waals surface area contributed by atoms with Gasteiger partial charge >= 0.3 is 12.1 Å². The molecule has 7 heteroatoms. The lowest BCUT2D eigenvalue weighted by molar-refractivity contribution is -0.138. The fraction of sp³-hybridized carbons (Fsp3) is 0.263. The zero-order chi connectivity index (χ0) is 19.5. The minimum atomic E-state index is -1.65. The Morgan fingerprint density at radius 1 is 1.12 bits per heavy atom. The van der Waals surface area contributed by atoms with E-state index in [1.165, 1.54) is 30.3 Å². The number of para-hydroxylation sites is 1. The maximum absolute atomic E-state index is 14.3. The number of aliphatic carboxylic acids is 1. The smallest absolute Gasteiger partial charge is 0.415 e. The van der Waals surface area contributed by atoms with Crippen LogP contribution < -0.4 is 4.90 Å². The van der Waals surface area contributed by atoms with Crippen molar-refractivity contribution in [2.75, 3.05) is 4.90 Å². The number of benzene rings is 2. The summed E-state index contributed by atoms with van der Waals surface area (Å²) in [4.78, 5) is 25.6. The molecular formula is C19H19ClFNO4. The number of hydrogen-bond acceptors (Lipinski definition) is 3. The Labute approximate surface area is 156 Å². The molecule has 2 aromatic carbocycles. The number of carbonyl (C=O) groups excluding carboxylic acids is 1. The molecule has 2 rings (SSSR count). The van der Waals surface area contributed by atoms with Crippen molar-refractivity contribution < 1.29 is 23.8 Å². The summed E-state index contributed by atoms with van der Waals surface area (Å²) >= 11 is 6.17. The fourth-order valence-electron chi connectivity index (χ4n) is 2.38. The van der Waals surface area contributed by atoms with E-state index in [-0.39, 0.29) is 16.3 Å². The van der Waals surface area contributed by atoms with Gasteiger partial charge in [-0.25, -0.2) is 14.0 Å². The summed E-state index contributed by atoms with van der Waals surface area (Å²) in [6.45, 7) is 4.94. The molecule has 0 aromatic heterocycles. The van der Waals surface area contributed by atoms with Crippen LogP contribution in [0.5, 0.6) is 0 Å². The molecule has 0 aliphatic rings. The number of hydrogen-bond donors (Lipinski definition) is 1. The molecule has 0 aliphatic carbocycles. The van der Waals surface area contributed by atoms with Crippen LogP contribution in [-0.4, -0.2) is 22.8 Å². The van der Waals surface area contributed by atoms with E-state index in [0.29, 0.717) is 0 Å². The molecule has 1 amide bonds. The minimum absolute atomic E-state index is 0.110. The zero-order valence-electron chi connectivity index (χ0n) is 14.6. The molecule has 0 bridgehead atoms. The molecule has 0 radical (unpaired) electrons. The van der Waals surface area contributed by atoms with E-state index in [4.69, 9.17) is 16.3 Å². The molecule has 0 aliphatic heterocycles. The number of carboxylic acids is 1. The van der Waals surface area contributed by atoms with Crippen LogP contribution in [-0.2, 0) is 9.53 Å². The maximum Gasteiger partial charge on any atom is 0.415 e. The number of nitrogens with zero attached hydrogens (tertiary/aromatic N) is 1. The fourth-order valence-corrected chi connectivity index (χ4v) is 2.61. The maximum atomic E-state index is 14.3.